The fraction of sp³-hybridized carbons (Fsp3) is 0.667. The number of thiocarbonyl (C=S) groups is 1. The molecule has 0 spiro atoms. The van der Waals surface area contributed by atoms with Crippen molar-refractivity contribution in [1.82, 2.24) is 15.1 Å². The Balaban J connectivity index is 2.11. The number of hydrogen-bond donors (Lipinski definition) is 2. The number of aromatic nitrogens is 2. The summed E-state index contributed by atoms with van der Waals surface area (Å²) in [4.78, 5) is 2.77. The third-order valence-corrected chi connectivity index (χ3v) is 4.22. The molecule has 21 heavy (non-hydrogen) atoms. The molecule has 0 atom stereocenters. The molecule has 1 aromatic heterocycles. The van der Waals surface area contributed by atoms with E-state index in [-0.39, 0.29) is 0 Å². The summed E-state index contributed by atoms with van der Waals surface area (Å²) in [6, 6.07) is 0.765. The second kappa shape index (κ2) is 7.13. The fourth-order valence-corrected chi connectivity index (χ4v) is 2.83. The van der Waals surface area contributed by atoms with Crippen molar-refractivity contribution in [1.29, 1.82) is 0 Å². The average molecular weight is 307 g/mol. The lowest BCUT2D eigenvalue weighted by Crippen LogP contribution is -2.28. The zero-order valence-corrected chi connectivity index (χ0v) is 14.0. The molecule has 116 valence electrons. The van der Waals surface area contributed by atoms with Crippen LogP contribution in [0.15, 0.2) is 0 Å². The summed E-state index contributed by atoms with van der Waals surface area (Å²) in [6.45, 7) is 5.98. The highest BCUT2D eigenvalue weighted by Gasteiger charge is 2.25. The van der Waals surface area contributed by atoms with E-state index >= 15 is 0 Å². The first-order valence-electron chi connectivity index (χ1n) is 7.70. The first-order chi connectivity index (χ1) is 10.1. The van der Waals surface area contributed by atoms with E-state index in [0.29, 0.717) is 4.99 Å². The van der Waals surface area contributed by atoms with Crippen molar-refractivity contribution in [2.75, 3.05) is 25.5 Å². The van der Waals surface area contributed by atoms with Crippen molar-refractivity contribution < 1.29 is 0 Å². The van der Waals surface area contributed by atoms with Gasteiger partial charge in [-0.05, 0) is 38.3 Å². The number of nitrogens with two attached hydrogens (primary N) is 1. The average Bonchev–Trinajstić information content (AvgIpc) is 3.30. The number of nitrogens with zero attached hydrogens (tertiary/aromatic N) is 3. The van der Waals surface area contributed by atoms with Crippen LogP contribution in [0.3, 0.4) is 0 Å². The van der Waals surface area contributed by atoms with E-state index in [4.69, 9.17) is 18.0 Å². The van der Waals surface area contributed by atoms with E-state index in [1.54, 1.807) is 0 Å². The summed E-state index contributed by atoms with van der Waals surface area (Å²) in [5, 5.41) is 12.0. The van der Waals surface area contributed by atoms with Crippen LogP contribution in [0.25, 0.3) is 0 Å². The van der Waals surface area contributed by atoms with Crippen LogP contribution in [0.1, 0.15) is 43.5 Å². The van der Waals surface area contributed by atoms with Crippen LogP contribution in [0.2, 0.25) is 0 Å². The van der Waals surface area contributed by atoms with Crippen LogP contribution in [0.4, 0.5) is 5.82 Å². The van der Waals surface area contributed by atoms with E-state index in [0.717, 1.165) is 54.6 Å². The van der Waals surface area contributed by atoms with Crippen LogP contribution in [-0.2, 0) is 12.8 Å². The molecule has 3 N–H and O–H groups in total. The Morgan fingerprint density at radius 2 is 2.05 bits per heavy atom. The SMILES string of the molecule is CCc1nnc(NCCN(C)C2CC2)c(C(N)=S)c1CC. The van der Waals surface area contributed by atoms with Gasteiger partial charge in [-0.2, -0.15) is 5.10 Å². The van der Waals surface area contributed by atoms with E-state index in [9.17, 15) is 0 Å². The Hall–Kier alpha value is -1.27. The number of hydrogen-bond acceptors (Lipinski definition) is 5. The Bertz CT molecular complexity index is 513. The van der Waals surface area contributed by atoms with Crippen molar-refractivity contribution in [3.63, 3.8) is 0 Å². The quantitative estimate of drug-likeness (QED) is 0.713. The number of anilines is 1. The molecule has 1 fully saturated rings. The third kappa shape index (κ3) is 3.89. The van der Waals surface area contributed by atoms with Gasteiger partial charge in [0.2, 0.25) is 0 Å². The molecule has 0 unspecified atom stereocenters. The summed E-state index contributed by atoms with van der Waals surface area (Å²) in [5.41, 5.74) is 8.90. The molecule has 2 rings (SSSR count). The standard InChI is InChI=1S/C15H25N5S/c1-4-11-12(5-2)18-19-15(13(11)14(16)21)17-8-9-20(3)10-6-7-10/h10H,4-9H2,1-3H3,(H2,16,21)(H,17,19). The van der Waals surface area contributed by atoms with Gasteiger partial charge in [0.1, 0.15) is 4.99 Å². The molecule has 0 aromatic carbocycles. The van der Waals surface area contributed by atoms with Crippen molar-refractivity contribution in [3.05, 3.63) is 16.8 Å². The molecule has 1 heterocycles. The van der Waals surface area contributed by atoms with Crippen molar-refractivity contribution >= 4 is 23.0 Å². The van der Waals surface area contributed by atoms with E-state index in [1.165, 1.54) is 12.8 Å². The van der Waals surface area contributed by atoms with Crippen LogP contribution in [0.5, 0.6) is 0 Å². The molecule has 0 amide bonds. The Labute approximate surface area is 132 Å². The minimum atomic E-state index is 0.398. The normalized spacial score (nSPS) is 14.5. The van der Waals surface area contributed by atoms with E-state index < -0.39 is 0 Å². The van der Waals surface area contributed by atoms with Gasteiger partial charge in [-0.15, -0.1) is 5.10 Å². The fourth-order valence-electron chi connectivity index (χ4n) is 2.61. The van der Waals surface area contributed by atoms with Gasteiger partial charge in [-0.1, -0.05) is 26.1 Å². The lowest BCUT2D eigenvalue weighted by atomic mass is 10.0. The molecule has 6 heteroatoms. The predicted molar refractivity (Wildman–Crippen MR) is 90.8 cm³/mol. The minimum Gasteiger partial charge on any atom is -0.389 e. The number of rotatable bonds is 8. The second-order valence-electron chi connectivity index (χ2n) is 5.56. The van der Waals surface area contributed by atoms with Gasteiger partial charge in [0.05, 0.1) is 11.3 Å². The lowest BCUT2D eigenvalue weighted by Gasteiger charge is -2.18. The molecule has 1 aliphatic rings. The molecule has 1 aliphatic carbocycles. The summed E-state index contributed by atoms with van der Waals surface area (Å²) in [6.07, 6.45) is 4.34. The van der Waals surface area contributed by atoms with Gasteiger partial charge < -0.3 is 16.0 Å². The van der Waals surface area contributed by atoms with Crippen molar-refractivity contribution in [2.45, 2.75) is 45.6 Å². The van der Waals surface area contributed by atoms with Crippen molar-refractivity contribution in [3.8, 4) is 0 Å². The van der Waals surface area contributed by atoms with Gasteiger partial charge >= 0.3 is 0 Å². The molecule has 1 saturated carbocycles. The molecule has 0 aliphatic heterocycles. The first-order valence-corrected chi connectivity index (χ1v) is 8.11. The van der Waals surface area contributed by atoms with E-state index in [2.05, 4.69) is 41.3 Å². The van der Waals surface area contributed by atoms with Gasteiger partial charge in [-0.3, -0.25) is 0 Å². The van der Waals surface area contributed by atoms with Crippen LogP contribution >= 0.6 is 12.2 Å². The number of likely N-dealkylation sites (N-methyl/N-ethyl adjacent to an activating group) is 1. The van der Waals surface area contributed by atoms with Crippen LogP contribution < -0.4 is 11.1 Å². The molecule has 0 saturated heterocycles. The maximum Gasteiger partial charge on any atom is 0.159 e. The summed E-state index contributed by atoms with van der Waals surface area (Å²) < 4.78 is 0. The summed E-state index contributed by atoms with van der Waals surface area (Å²) in [5.74, 6) is 0.723. The Morgan fingerprint density at radius 1 is 1.33 bits per heavy atom. The largest absolute Gasteiger partial charge is 0.389 e. The van der Waals surface area contributed by atoms with E-state index in [1.807, 2.05) is 0 Å². The number of nitrogens with one attached hydrogen (secondary N) is 1. The molecule has 0 bridgehead atoms. The highest BCUT2D eigenvalue weighted by molar-refractivity contribution is 7.80. The highest BCUT2D eigenvalue weighted by Crippen LogP contribution is 2.25. The smallest absolute Gasteiger partial charge is 0.159 e. The molecular formula is C15H25N5S. The molecule has 5 nitrogen and oxygen atoms in total. The zero-order chi connectivity index (χ0) is 15.4. The maximum absolute atomic E-state index is 5.92. The second-order valence-corrected chi connectivity index (χ2v) is 6.00. The van der Waals surface area contributed by atoms with Gasteiger partial charge in [0.25, 0.3) is 0 Å². The van der Waals surface area contributed by atoms with Gasteiger partial charge in [-0.25, -0.2) is 0 Å². The Morgan fingerprint density at radius 3 is 2.57 bits per heavy atom. The van der Waals surface area contributed by atoms with Crippen LogP contribution in [0, 0.1) is 0 Å². The summed E-state index contributed by atoms with van der Waals surface area (Å²) in [7, 11) is 2.16. The monoisotopic (exact) mass is 307 g/mol. The minimum absolute atomic E-state index is 0.398. The first kappa shape index (κ1) is 16.1. The number of aryl methyl sites for hydroxylation is 1. The maximum atomic E-state index is 5.92. The van der Waals surface area contributed by atoms with Gasteiger partial charge in [0.15, 0.2) is 5.82 Å². The topological polar surface area (TPSA) is 67.1 Å². The molecular weight excluding hydrogens is 282 g/mol. The molecule has 0 radical (unpaired) electrons. The highest BCUT2D eigenvalue weighted by atomic mass is 32.1. The lowest BCUT2D eigenvalue weighted by molar-refractivity contribution is 0.337. The molecule has 1 aromatic rings. The summed E-state index contributed by atoms with van der Waals surface area (Å²) >= 11 is 5.22. The predicted octanol–water partition coefficient (Wildman–Crippen LogP) is 1.74. The van der Waals surface area contributed by atoms with Gasteiger partial charge in [0, 0.05) is 19.1 Å². The zero-order valence-electron chi connectivity index (χ0n) is 13.1. The van der Waals surface area contributed by atoms with Crippen molar-refractivity contribution in [2.24, 2.45) is 5.73 Å². The van der Waals surface area contributed by atoms with Crippen LogP contribution in [-0.4, -0.2) is 46.3 Å². The third-order valence-electron chi connectivity index (χ3n) is 4.02. The Kier molecular flexibility index (Phi) is 5.47.